The number of benzene rings is 1. The molecule has 0 aliphatic carbocycles. The molecule has 2 aliphatic heterocycles. The van der Waals surface area contributed by atoms with Crippen molar-refractivity contribution in [2.45, 2.75) is 52.2 Å². The monoisotopic (exact) mass is 451 g/mol. The number of Topliss-reactive ketones (excluding diaryl/α,β-unsaturated/α-hetero) is 1. The fourth-order valence-electron chi connectivity index (χ4n) is 3.99. The number of carbonyl (C=O) groups is 2. The van der Waals surface area contributed by atoms with Gasteiger partial charge in [0.05, 0.1) is 12.2 Å². The lowest BCUT2D eigenvalue weighted by molar-refractivity contribution is -0.127. The molecule has 0 N–H and O–H groups in total. The average molecular weight is 452 g/mol. The van der Waals surface area contributed by atoms with Crippen LogP contribution in [0, 0.1) is 0 Å². The number of hydrogen-bond donors (Lipinski definition) is 0. The average Bonchev–Trinajstić information content (AvgIpc) is 2.71. The number of rotatable bonds is 4. The molecule has 0 aromatic heterocycles. The summed E-state index contributed by atoms with van der Waals surface area (Å²) in [6.07, 6.45) is -0.327. The number of piperazine rings is 1. The molecule has 172 valence electrons. The number of hydrogen-bond acceptors (Lipinski definition) is 5. The zero-order chi connectivity index (χ0) is 23.0. The van der Waals surface area contributed by atoms with Gasteiger partial charge in [-0.1, -0.05) is 45.0 Å². The van der Waals surface area contributed by atoms with E-state index in [9.17, 15) is 18.0 Å². The molecule has 1 aromatic carbocycles. The van der Waals surface area contributed by atoms with E-state index in [-0.39, 0.29) is 43.8 Å². The second-order valence-electron chi connectivity index (χ2n) is 9.43. The Morgan fingerprint density at radius 1 is 0.903 bits per heavy atom. The Hall–Kier alpha value is -1.81. The van der Waals surface area contributed by atoms with E-state index >= 15 is 0 Å². The molecule has 2 unspecified atom stereocenters. The third kappa shape index (κ3) is 5.34. The van der Waals surface area contributed by atoms with Crippen molar-refractivity contribution in [2.24, 2.45) is 0 Å². The van der Waals surface area contributed by atoms with E-state index in [4.69, 9.17) is 4.74 Å². The molecule has 1 amide bonds. The van der Waals surface area contributed by atoms with Crippen LogP contribution in [0.15, 0.2) is 24.3 Å². The minimum Gasteiger partial charge on any atom is -0.373 e. The zero-order valence-electron chi connectivity index (χ0n) is 19.0. The molecule has 8 nitrogen and oxygen atoms in total. The predicted molar refractivity (Wildman–Crippen MR) is 118 cm³/mol. The third-order valence-electron chi connectivity index (χ3n) is 5.77. The third-order valence-corrected chi connectivity index (χ3v) is 7.74. The van der Waals surface area contributed by atoms with Crippen molar-refractivity contribution in [1.29, 1.82) is 0 Å². The summed E-state index contributed by atoms with van der Waals surface area (Å²) >= 11 is 0. The molecule has 1 aromatic rings. The lowest BCUT2D eigenvalue weighted by atomic mass is 9.86. The van der Waals surface area contributed by atoms with Gasteiger partial charge in [0.1, 0.15) is 0 Å². The number of ketones is 1. The molecule has 9 heteroatoms. The predicted octanol–water partition coefficient (Wildman–Crippen LogP) is 1.67. The number of amides is 1. The molecule has 3 rings (SSSR count). The second-order valence-corrected chi connectivity index (χ2v) is 11.4. The Bertz CT molecular complexity index is 905. The maximum absolute atomic E-state index is 13.0. The molecule has 2 fully saturated rings. The van der Waals surface area contributed by atoms with Crippen LogP contribution in [0.1, 0.15) is 50.5 Å². The number of ether oxygens (including phenoxy) is 1. The Labute approximate surface area is 185 Å². The van der Waals surface area contributed by atoms with E-state index in [1.165, 1.54) is 13.5 Å². The van der Waals surface area contributed by atoms with Gasteiger partial charge in [0.15, 0.2) is 0 Å². The fraction of sp³-hybridized carbons (Fsp3) is 0.636. The van der Waals surface area contributed by atoms with Gasteiger partial charge in [-0.3, -0.25) is 9.59 Å². The molecule has 0 bridgehead atoms. The van der Waals surface area contributed by atoms with E-state index in [0.717, 1.165) is 5.56 Å². The zero-order valence-corrected chi connectivity index (χ0v) is 19.8. The molecule has 2 atom stereocenters. The first-order chi connectivity index (χ1) is 14.4. The number of carbonyl (C=O) groups excluding carboxylic acids is 2. The summed E-state index contributed by atoms with van der Waals surface area (Å²) in [5.41, 5.74) is 1.40. The van der Waals surface area contributed by atoms with Gasteiger partial charge in [0.2, 0.25) is 5.78 Å². The van der Waals surface area contributed by atoms with Crippen molar-refractivity contribution in [3.8, 4) is 0 Å². The fourth-order valence-corrected chi connectivity index (χ4v) is 5.74. The van der Waals surface area contributed by atoms with E-state index < -0.39 is 21.9 Å². The van der Waals surface area contributed by atoms with Crippen molar-refractivity contribution in [3.05, 3.63) is 35.4 Å². The second kappa shape index (κ2) is 8.97. The van der Waals surface area contributed by atoms with Crippen LogP contribution >= 0.6 is 0 Å². The van der Waals surface area contributed by atoms with Crippen LogP contribution in [-0.2, 0) is 25.2 Å². The molecule has 0 saturated carbocycles. The molecule has 0 radical (unpaired) electrons. The maximum atomic E-state index is 13.0. The normalized spacial score (nSPS) is 24.2. The van der Waals surface area contributed by atoms with Crippen molar-refractivity contribution in [1.82, 2.24) is 13.5 Å². The molecular weight excluding hydrogens is 418 g/mol. The molecule has 0 spiro atoms. The summed E-state index contributed by atoms with van der Waals surface area (Å²) in [5, 5.41) is 0. The number of nitrogens with zero attached hydrogens (tertiary/aromatic N) is 3. The highest BCUT2D eigenvalue weighted by atomic mass is 32.2. The first-order valence-corrected chi connectivity index (χ1v) is 12.1. The summed E-state index contributed by atoms with van der Waals surface area (Å²) in [6, 6.07) is 7.11. The topological polar surface area (TPSA) is 87.2 Å². The van der Waals surface area contributed by atoms with Gasteiger partial charge in [-0.05, 0) is 24.8 Å². The first kappa shape index (κ1) is 23.8. The lowest BCUT2D eigenvalue weighted by Gasteiger charge is -2.40. The van der Waals surface area contributed by atoms with Gasteiger partial charge in [0.25, 0.3) is 16.1 Å². The summed E-state index contributed by atoms with van der Waals surface area (Å²) in [4.78, 5) is 26.8. The Morgan fingerprint density at radius 2 is 1.42 bits per heavy atom. The van der Waals surface area contributed by atoms with Crippen LogP contribution < -0.4 is 0 Å². The van der Waals surface area contributed by atoms with Crippen LogP contribution in [0.4, 0.5) is 0 Å². The first-order valence-electron chi connectivity index (χ1n) is 10.7. The van der Waals surface area contributed by atoms with E-state index in [1.54, 1.807) is 12.1 Å². The molecule has 31 heavy (non-hydrogen) atoms. The SMILES string of the molecule is CC1CN(S(=O)(=O)N2CCN(C(=O)C(=O)c3ccc(C(C)(C)C)cc3)CC2)CC(C)O1. The van der Waals surface area contributed by atoms with E-state index in [0.29, 0.717) is 18.7 Å². The summed E-state index contributed by atoms with van der Waals surface area (Å²) in [5.74, 6) is -1.15. The van der Waals surface area contributed by atoms with Gasteiger partial charge in [-0.15, -0.1) is 0 Å². The van der Waals surface area contributed by atoms with Crippen molar-refractivity contribution in [2.75, 3.05) is 39.3 Å². The van der Waals surface area contributed by atoms with E-state index in [2.05, 4.69) is 20.8 Å². The van der Waals surface area contributed by atoms with Gasteiger partial charge in [0, 0.05) is 44.8 Å². The molecular formula is C22H33N3O5S. The summed E-state index contributed by atoms with van der Waals surface area (Å²) in [7, 11) is -3.63. The largest absolute Gasteiger partial charge is 0.373 e. The summed E-state index contributed by atoms with van der Waals surface area (Å²) in [6.45, 7) is 11.3. The highest BCUT2D eigenvalue weighted by Gasteiger charge is 2.38. The van der Waals surface area contributed by atoms with E-state index in [1.807, 2.05) is 26.0 Å². The van der Waals surface area contributed by atoms with Crippen molar-refractivity contribution in [3.63, 3.8) is 0 Å². The minimum atomic E-state index is -3.63. The van der Waals surface area contributed by atoms with Gasteiger partial charge in [-0.25, -0.2) is 0 Å². The summed E-state index contributed by atoms with van der Waals surface area (Å²) < 4.78 is 34.5. The maximum Gasteiger partial charge on any atom is 0.295 e. The van der Waals surface area contributed by atoms with Gasteiger partial charge < -0.3 is 9.64 Å². The van der Waals surface area contributed by atoms with Crippen LogP contribution in [0.3, 0.4) is 0 Å². The Kier molecular flexibility index (Phi) is 6.90. The quantitative estimate of drug-likeness (QED) is 0.513. The highest BCUT2D eigenvalue weighted by molar-refractivity contribution is 7.86. The van der Waals surface area contributed by atoms with Crippen LogP contribution in [0.25, 0.3) is 0 Å². The molecule has 2 aliphatic rings. The molecule has 2 heterocycles. The Balaban J connectivity index is 1.61. The minimum absolute atomic E-state index is 0.0382. The number of morpholine rings is 1. The van der Waals surface area contributed by atoms with Crippen molar-refractivity contribution >= 4 is 21.9 Å². The highest BCUT2D eigenvalue weighted by Crippen LogP contribution is 2.23. The lowest BCUT2D eigenvalue weighted by Crippen LogP contribution is -2.58. The van der Waals surface area contributed by atoms with Crippen LogP contribution in [0.5, 0.6) is 0 Å². The van der Waals surface area contributed by atoms with Gasteiger partial charge >= 0.3 is 0 Å². The Morgan fingerprint density at radius 3 is 1.90 bits per heavy atom. The standard InChI is InChI=1S/C22H33N3O5S/c1-16-14-25(15-17(2)30-16)31(28,29)24-12-10-23(11-13-24)21(27)20(26)18-6-8-19(9-7-18)22(3,4)5/h6-9,16-17H,10-15H2,1-5H3. The van der Waals surface area contributed by atoms with Gasteiger partial charge in [-0.2, -0.15) is 17.0 Å². The smallest absolute Gasteiger partial charge is 0.295 e. The van der Waals surface area contributed by atoms with Crippen molar-refractivity contribution < 1.29 is 22.7 Å². The van der Waals surface area contributed by atoms with Crippen LogP contribution in [-0.4, -0.2) is 85.1 Å². The van der Waals surface area contributed by atoms with Crippen LogP contribution in [0.2, 0.25) is 0 Å². The molecule has 2 saturated heterocycles.